The van der Waals surface area contributed by atoms with Crippen molar-refractivity contribution < 1.29 is 9.90 Å². The molecular formula is C23H27N3O2. The number of hydrogen-bond donors (Lipinski definition) is 2. The number of nitrogens with zero attached hydrogens (tertiary/aromatic N) is 2. The predicted octanol–water partition coefficient (Wildman–Crippen LogP) is 4.02. The highest BCUT2D eigenvalue weighted by molar-refractivity contribution is 6.30. The quantitative estimate of drug-likeness (QED) is 0.435. The summed E-state index contributed by atoms with van der Waals surface area (Å²) in [4.78, 5) is 17.5. The molecule has 5 heteroatoms. The second-order valence-corrected chi connectivity index (χ2v) is 7.04. The molecule has 1 aliphatic heterocycles. The molecule has 2 aromatic rings. The third-order valence-electron chi connectivity index (χ3n) is 5.04. The van der Waals surface area contributed by atoms with E-state index in [1.807, 2.05) is 48.5 Å². The van der Waals surface area contributed by atoms with Gasteiger partial charge in [0.05, 0.1) is 5.71 Å². The van der Waals surface area contributed by atoms with Crippen LogP contribution in [-0.4, -0.2) is 47.8 Å². The second-order valence-electron chi connectivity index (χ2n) is 7.04. The number of rotatable bonds is 7. The third kappa shape index (κ3) is 4.67. The van der Waals surface area contributed by atoms with E-state index in [9.17, 15) is 9.90 Å². The summed E-state index contributed by atoms with van der Waals surface area (Å²) in [6.07, 6.45) is 2.39. The van der Waals surface area contributed by atoms with Crippen LogP contribution in [0.2, 0.25) is 0 Å². The first kappa shape index (κ1) is 19.8. The second kappa shape index (κ2) is 9.33. The zero-order chi connectivity index (χ0) is 19.9. The summed E-state index contributed by atoms with van der Waals surface area (Å²) in [6, 6.07) is 18.5. The third-order valence-corrected chi connectivity index (χ3v) is 5.04. The van der Waals surface area contributed by atoms with Gasteiger partial charge in [0.15, 0.2) is 0 Å². The molecule has 0 unspecified atom stereocenters. The molecule has 0 aliphatic carbocycles. The van der Waals surface area contributed by atoms with Crippen LogP contribution in [-0.2, 0) is 4.79 Å². The van der Waals surface area contributed by atoms with E-state index in [2.05, 4.69) is 4.90 Å². The van der Waals surface area contributed by atoms with Crippen LogP contribution in [0.25, 0.3) is 0 Å². The summed E-state index contributed by atoms with van der Waals surface area (Å²) in [5.74, 6) is -0.486. The van der Waals surface area contributed by atoms with Crippen LogP contribution >= 0.6 is 0 Å². The number of aliphatic hydroxyl groups is 1. The summed E-state index contributed by atoms with van der Waals surface area (Å²) >= 11 is 0. The molecule has 1 aliphatic rings. The van der Waals surface area contributed by atoms with Gasteiger partial charge in [-0.3, -0.25) is 10.2 Å². The zero-order valence-corrected chi connectivity index (χ0v) is 16.3. The lowest BCUT2D eigenvalue weighted by Crippen LogP contribution is -2.40. The molecule has 1 amide bonds. The van der Waals surface area contributed by atoms with E-state index >= 15 is 0 Å². The lowest BCUT2D eigenvalue weighted by molar-refractivity contribution is -0.114. The molecule has 3 rings (SSSR count). The van der Waals surface area contributed by atoms with Crippen LogP contribution < -0.4 is 4.90 Å². The first-order valence-electron chi connectivity index (χ1n) is 9.71. The highest BCUT2D eigenvalue weighted by atomic mass is 16.3. The van der Waals surface area contributed by atoms with Crippen molar-refractivity contribution in [2.75, 3.05) is 31.1 Å². The van der Waals surface area contributed by atoms with E-state index < -0.39 is 0 Å². The van der Waals surface area contributed by atoms with E-state index in [1.165, 1.54) is 19.8 Å². The Morgan fingerprint density at radius 3 is 2.18 bits per heavy atom. The number of nitrogens with one attached hydrogen (secondary N) is 1. The average molecular weight is 377 g/mol. The Kier molecular flexibility index (Phi) is 6.61. The summed E-state index contributed by atoms with van der Waals surface area (Å²) in [7, 11) is 0. The topological polar surface area (TPSA) is 67.6 Å². The molecule has 0 atom stereocenters. The number of anilines is 1. The van der Waals surface area contributed by atoms with Crippen molar-refractivity contribution >= 4 is 17.3 Å². The van der Waals surface area contributed by atoms with Crippen LogP contribution in [0.5, 0.6) is 0 Å². The van der Waals surface area contributed by atoms with Crippen LogP contribution in [0.3, 0.4) is 0 Å². The standard InChI is InChI=1S/C23H27N3O2/c1-18(27)21(22(24)19-10-4-2-5-11-19)23(28)26(20-12-6-3-7-13-20)17-16-25-14-8-9-15-25/h2-7,10-13,24,27H,8-9,14-17H2,1H3. The molecule has 0 spiro atoms. The molecule has 1 saturated heterocycles. The fourth-order valence-corrected chi connectivity index (χ4v) is 3.53. The zero-order valence-electron chi connectivity index (χ0n) is 16.3. The van der Waals surface area contributed by atoms with E-state index in [0.29, 0.717) is 12.1 Å². The minimum Gasteiger partial charge on any atom is -0.512 e. The normalized spacial score (nSPS) is 15.2. The van der Waals surface area contributed by atoms with Gasteiger partial charge in [0.1, 0.15) is 11.3 Å². The van der Waals surface area contributed by atoms with Crippen LogP contribution in [0.1, 0.15) is 25.3 Å². The number of amides is 1. The van der Waals surface area contributed by atoms with Crippen LogP contribution in [0.15, 0.2) is 72.0 Å². The number of hydrogen-bond acceptors (Lipinski definition) is 4. The van der Waals surface area contributed by atoms with Crippen molar-refractivity contribution in [3.63, 3.8) is 0 Å². The Hall–Kier alpha value is -2.92. The summed E-state index contributed by atoms with van der Waals surface area (Å²) in [5, 5.41) is 18.8. The summed E-state index contributed by atoms with van der Waals surface area (Å²) in [6.45, 7) is 4.86. The summed E-state index contributed by atoms with van der Waals surface area (Å²) < 4.78 is 0. The van der Waals surface area contributed by atoms with E-state index in [0.717, 1.165) is 25.3 Å². The molecule has 0 bridgehead atoms. The van der Waals surface area contributed by atoms with Gasteiger partial charge in [-0.25, -0.2) is 0 Å². The highest BCUT2D eigenvalue weighted by Gasteiger charge is 2.27. The molecule has 2 aromatic carbocycles. The smallest absolute Gasteiger partial charge is 0.263 e. The van der Waals surface area contributed by atoms with Crippen LogP contribution in [0, 0.1) is 5.41 Å². The maximum Gasteiger partial charge on any atom is 0.263 e. The molecule has 1 fully saturated rings. The van der Waals surface area contributed by atoms with E-state index in [4.69, 9.17) is 5.41 Å². The molecule has 28 heavy (non-hydrogen) atoms. The number of carbonyl (C=O) groups excluding carboxylic acids is 1. The molecule has 0 radical (unpaired) electrons. The fourth-order valence-electron chi connectivity index (χ4n) is 3.53. The summed E-state index contributed by atoms with van der Waals surface area (Å²) in [5.41, 5.74) is 1.45. The molecule has 0 saturated carbocycles. The lowest BCUT2D eigenvalue weighted by Gasteiger charge is -2.27. The number of carbonyl (C=O) groups is 1. The van der Waals surface area contributed by atoms with Crippen LogP contribution in [0.4, 0.5) is 5.69 Å². The average Bonchev–Trinajstić information content (AvgIpc) is 3.23. The predicted molar refractivity (Wildman–Crippen MR) is 113 cm³/mol. The van der Waals surface area contributed by atoms with Crippen molar-refractivity contribution in [3.05, 3.63) is 77.6 Å². The number of para-hydroxylation sites is 1. The van der Waals surface area contributed by atoms with Gasteiger partial charge in [0.25, 0.3) is 5.91 Å². The van der Waals surface area contributed by atoms with E-state index in [1.54, 1.807) is 17.0 Å². The monoisotopic (exact) mass is 377 g/mol. The minimum absolute atomic E-state index is 0.0349. The van der Waals surface area contributed by atoms with Gasteiger partial charge in [0.2, 0.25) is 0 Å². The van der Waals surface area contributed by atoms with Crippen molar-refractivity contribution in [2.45, 2.75) is 19.8 Å². The number of benzene rings is 2. The molecule has 146 valence electrons. The Bertz CT molecular complexity index is 837. The maximum atomic E-state index is 13.5. The first-order valence-corrected chi connectivity index (χ1v) is 9.71. The maximum absolute atomic E-state index is 13.5. The highest BCUT2D eigenvalue weighted by Crippen LogP contribution is 2.21. The molecule has 2 N–H and O–H groups in total. The number of aliphatic hydroxyl groups excluding tert-OH is 1. The van der Waals surface area contributed by atoms with Crippen molar-refractivity contribution in [3.8, 4) is 0 Å². The number of allylic oxidation sites excluding steroid dienone is 1. The Labute approximate surface area is 166 Å². The molecule has 5 nitrogen and oxygen atoms in total. The lowest BCUT2D eigenvalue weighted by atomic mass is 10.00. The van der Waals surface area contributed by atoms with Gasteiger partial charge in [-0.1, -0.05) is 48.5 Å². The van der Waals surface area contributed by atoms with Crippen molar-refractivity contribution in [1.29, 1.82) is 5.41 Å². The molecule has 0 aromatic heterocycles. The fraction of sp³-hybridized carbons (Fsp3) is 0.304. The van der Waals surface area contributed by atoms with Crippen molar-refractivity contribution in [2.24, 2.45) is 0 Å². The SMILES string of the molecule is CC(O)=C(C(=N)c1ccccc1)C(=O)N(CCN1CCCC1)c1ccccc1. The van der Waals surface area contributed by atoms with Gasteiger partial charge >= 0.3 is 0 Å². The Balaban J connectivity index is 1.89. The number of likely N-dealkylation sites (tertiary alicyclic amines) is 1. The molecule has 1 heterocycles. The Morgan fingerprint density at radius 2 is 1.61 bits per heavy atom. The Morgan fingerprint density at radius 1 is 1.04 bits per heavy atom. The van der Waals surface area contributed by atoms with Gasteiger partial charge in [-0.15, -0.1) is 0 Å². The van der Waals surface area contributed by atoms with Gasteiger partial charge in [-0.2, -0.15) is 0 Å². The molecular weight excluding hydrogens is 350 g/mol. The van der Waals surface area contributed by atoms with Gasteiger partial charge < -0.3 is 14.9 Å². The first-order chi connectivity index (χ1) is 13.6. The van der Waals surface area contributed by atoms with E-state index in [-0.39, 0.29) is 23.0 Å². The minimum atomic E-state index is -0.348. The van der Waals surface area contributed by atoms with Gasteiger partial charge in [0, 0.05) is 24.3 Å². The van der Waals surface area contributed by atoms with Gasteiger partial charge in [-0.05, 0) is 45.0 Å². The largest absolute Gasteiger partial charge is 0.512 e. The van der Waals surface area contributed by atoms with Crippen molar-refractivity contribution in [1.82, 2.24) is 4.90 Å².